The van der Waals surface area contributed by atoms with E-state index in [1.807, 2.05) is 67.6 Å². The van der Waals surface area contributed by atoms with Crippen LogP contribution in [-0.2, 0) is 27.4 Å². The number of aryl methyl sites for hydroxylation is 2. The Balaban J connectivity index is 1.69. The molecule has 1 aliphatic rings. The Morgan fingerprint density at radius 1 is 0.973 bits per heavy atom. The molecule has 4 rings (SSSR count). The third-order valence-corrected chi connectivity index (χ3v) is 6.69. The minimum Gasteiger partial charge on any atom is -0.507 e. The standard InChI is InChI=1S/C31H33NO5/c1-4-22-11-13-24(14-12-22)28-27(30(34)31(35)32(28)17-8-18-36-3)29(33)26-16-15-25(19-21(26)2)37-20-23-9-6-5-7-10-23/h5-7,9-16,19,28,33H,4,8,17-18,20H2,1-3H3/b29-27+/t28-/m1/s1. The maximum absolute atomic E-state index is 13.2. The van der Waals surface area contributed by atoms with Gasteiger partial charge in [0.15, 0.2) is 0 Å². The van der Waals surface area contributed by atoms with E-state index < -0.39 is 17.7 Å². The van der Waals surface area contributed by atoms with Crippen molar-refractivity contribution in [3.63, 3.8) is 0 Å². The smallest absolute Gasteiger partial charge is 0.295 e. The van der Waals surface area contributed by atoms with Gasteiger partial charge in [0, 0.05) is 25.8 Å². The fraction of sp³-hybridized carbons (Fsp3) is 0.290. The van der Waals surface area contributed by atoms with Crippen molar-refractivity contribution >= 4 is 17.4 Å². The summed E-state index contributed by atoms with van der Waals surface area (Å²) in [6.07, 6.45) is 1.46. The lowest BCUT2D eigenvalue weighted by Gasteiger charge is -2.25. The Morgan fingerprint density at radius 3 is 2.35 bits per heavy atom. The highest BCUT2D eigenvalue weighted by atomic mass is 16.5. The van der Waals surface area contributed by atoms with E-state index in [4.69, 9.17) is 9.47 Å². The predicted molar refractivity (Wildman–Crippen MR) is 143 cm³/mol. The summed E-state index contributed by atoms with van der Waals surface area (Å²) in [5.41, 5.74) is 4.34. The summed E-state index contributed by atoms with van der Waals surface area (Å²) in [4.78, 5) is 27.9. The molecule has 1 N–H and O–H groups in total. The highest BCUT2D eigenvalue weighted by molar-refractivity contribution is 6.46. The van der Waals surface area contributed by atoms with Gasteiger partial charge in [0.05, 0.1) is 11.6 Å². The molecule has 3 aromatic rings. The number of carbonyl (C=O) groups excluding carboxylic acids is 2. The van der Waals surface area contributed by atoms with Crippen LogP contribution in [0.3, 0.4) is 0 Å². The van der Waals surface area contributed by atoms with Crippen molar-refractivity contribution in [2.45, 2.75) is 39.3 Å². The van der Waals surface area contributed by atoms with Gasteiger partial charge in [-0.25, -0.2) is 0 Å². The van der Waals surface area contributed by atoms with Crippen LogP contribution in [0.15, 0.2) is 78.4 Å². The molecule has 0 bridgehead atoms. The Bertz CT molecular complexity index is 1280. The normalized spacial score (nSPS) is 16.8. The van der Waals surface area contributed by atoms with Crippen LogP contribution in [0.1, 0.15) is 47.2 Å². The molecule has 1 heterocycles. The van der Waals surface area contributed by atoms with Crippen LogP contribution in [0.25, 0.3) is 5.76 Å². The highest BCUT2D eigenvalue weighted by Crippen LogP contribution is 2.40. The molecule has 1 amide bonds. The number of amides is 1. The van der Waals surface area contributed by atoms with Gasteiger partial charge < -0.3 is 19.5 Å². The molecule has 1 atom stereocenters. The monoisotopic (exact) mass is 499 g/mol. The topological polar surface area (TPSA) is 76.1 Å². The zero-order valence-corrected chi connectivity index (χ0v) is 21.6. The summed E-state index contributed by atoms with van der Waals surface area (Å²) in [5.74, 6) is -0.806. The number of hydrogen-bond acceptors (Lipinski definition) is 5. The first-order chi connectivity index (χ1) is 17.9. The second-order valence-electron chi connectivity index (χ2n) is 9.18. The Labute approximate surface area is 218 Å². The van der Waals surface area contributed by atoms with Crippen molar-refractivity contribution in [3.8, 4) is 5.75 Å². The van der Waals surface area contributed by atoms with E-state index in [0.717, 1.165) is 28.7 Å². The molecule has 1 aliphatic heterocycles. The van der Waals surface area contributed by atoms with Crippen LogP contribution in [0.5, 0.6) is 5.75 Å². The average molecular weight is 500 g/mol. The number of Topliss-reactive ketones (excluding diaryl/α,β-unsaturated/α-hetero) is 1. The van der Waals surface area contributed by atoms with E-state index in [1.165, 1.54) is 0 Å². The Hall–Kier alpha value is -3.90. The minimum atomic E-state index is -0.678. The molecule has 0 radical (unpaired) electrons. The van der Waals surface area contributed by atoms with Gasteiger partial charge >= 0.3 is 0 Å². The van der Waals surface area contributed by atoms with Gasteiger partial charge in [0.2, 0.25) is 0 Å². The molecule has 0 unspecified atom stereocenters. The van der Waals surface area contributed by atoms with Gasteiger partial charge in [-0.2, -0.15) is 0 Å². The third-order valence-electron chi connectivity index (χ3n) is 6.69. The van der Waals surface area contributed by atoms with Crippen molar-refractivity contribution in [2.75, 3.05) is 20.3 Å². The van der Waals surface area contributed by atoms with Crippen LogP contribution < -0.4 is 4.74 Å². The number of ether oxygens (including phenoxy) is 2. The van der Waals surface area contributed by atoms with E-state index in [9.17, 15) is 14.7 Å². The van der Waals surface area contributed by atoms with Crippen LogP contribution >= 0.6 is 0 Å². The van der Waals surface area contributed by atoms with Gasteiger partial charge in [-0.05, 0) is 60.2 Å². The van der Waals surface area contributed by atoms with Gasteiger partial charge in [-0.15, -0.1) is 0 Å². The molecule has 3 aromatic carbocycles. The zero-order chi connectivity index (χ0) is 26.4. The van der Waals surface area contributed by atoms with E-state index in [-0.39, 0.29) is 11.3 Å². The van der Waals surface area contributed by atoms with Crippen molar-refractivity contribution in [3.05, 3.63) is 106 Å². The van der Waals surface area contributed by atoms with E-state index in [2.05, 4.69) is 6.92 Å². The summed E-state index contributed by atoms with van der Waals surface area (Å²) in [6, 6.07) is 22.4. The van der Waals surface area contributed by atoms with Gasteiger partial charge in [-0.3, -0.25) is 9.59 Å². The maximum atomic E-state index is 13.2. The molecule has 1 fully saturated rings. The number of hydrogen-bond donors (Lipinski definition) is 1. The lowest BCUT2D eigenvalue weighted by atomic mass is 9.93. The molecular formula is C31H33NO5. The molecule has 37 heavy (non-hydrogen) atoms. The lowest BCUT2D eigenvalue weighted by molar-refractivity contribution is -0.140. The molecule has 0 spiro atoms. The molecule has 0 aliphatic carbocycles. The van der Waals surface area contributed by atoms with E-state index >= 15 is 0 Å². The molecular weight excluding hydrogens is 466 g/mol. The first-order valence-corrected chi connectivity index (χ1v) is 12.6. The number of rotatable bonds is 10. The third kappa shape index (κ3) is 5.75. The maximum Gasteiger partial charge on any atom is 0.295 e. The van der Waals surface area contributed by atoms with Crippen molar-refractivity contribution in [2.24, 2.45) is 0 Å². The predicted octanol–water partition coefficient (Wildman–Crippen LogP) is 5.59. The van der Waals surface area contributed by atoms with Crippen LogP contribution in [0.2, 0.25) is 0 Å². The first kappa shape index (κ1) is 26.2. The van der Waals surface area contributed by atoms with E-state index in [1.54, 1.807) is 24.1 Å². The summed E-state index contributed by atoms with van der Waals surface area (Å²) < 4.78 is 11.1. The first-order valence-electron chi connectivity index (χ1n) is 12.6. The number of carbonyl (C=O) groups is 2. The number of benzene rings is 3. The summed E-state index contributed by atoms with van der Waals surface area (Å²) >= 11 is 0. The number of methoxy groups -OCH3 is 1. The fourth-order valence-electron chi connectivity index (χ4n) is 4.65. The number of likely N-dealkylation sites (tertiary alicyclic amines) is 1. The number of aliphatic hydroxyl groups excluding tert-OH is 1. The fourth-order valence-corrected chi connectivity index (χ4v) is 4.65. The van der Waals surface area contributed by atoms with Gasteiger partial charge in [0.1, 0.15) is 18.1 Å². The van der Waals surface area contributed by atoms with Crippen LogP contribution in [0.4, 0.5) is 0 Å². The lowest BCUT2D eigenvalue weighted by Crippen LogP contribution is -2.31. The number of ketones is 1. The van der Waals surface area contributed by atoms with Gasteiger partial charge in [-0.1, -0.05) is 61.5 Å². The SMILES string of the molecule is CCc1ccc([C@@H]2/C(=C(\O)c3ccc(OCc4ccccc4)cc3C)C(=O)C(=O)N2CCCOC)cc1. The quantitative estimate of drug-likeness (QED) is 0.170. The van der Waals surface area contributed by atoms with Gasteiger partial charge in [0.25, 0.3) is 11.7 Å². The van der Waals surface area contributed by atoms with Crippen molar-refractivity contribution in [1.29, 1.82) is 0 Å². The van der Waals surface area contributed by atoms with Crippen LogP contribution in [0, 0.1) is 6.92 Å². The average Bonchev–Trinajstić information content (AvgIpc) is 3.17. The summed E-state index contributed by atoms with van der Waals surface area (Å²) in [6.45, 7) is 5.16. The highest BCUT2D eigenvalue weighted by Gasteiger charge is 2.45. The molecule has 1 saturated heterocycles. The second kappa shape index (κ2) is 11.9. The largest absolute Gasteiger partial charge is 0.507 e. The molecule has 6 nitrogen and oxygen atoms in total. The number of aliphatic hydroxyl groups is 1. The number of nitrogens with zero attached hydrogens (tertiary/aromatic N) is 1. The molecule has 0 aromatic heterocycles. The Kier molecular flexibility index (Phi) is 8.41. The Morgan fingerprint density at radius 2 is 1.70 bits per heavy atom. The van der Waals surface area contributed by atoms with Crippen molar-refractivity contribution in [1.82, 2.24) is 4.90 Å². The summed E-state index contributed by atoms with van der Waals surface area (Å²) in [7, 11) is 1.60. The van der Waals surface area contributed by atoms with Crippen LogP contribution in [-0.4, -0.2) is 42.0 Å². The molecule has 192 valence electrons. The molecule has 6 heteroatoms. The van der Waals surface area contributed by atoms with E-state index in [0.29, 0.717) is 37.5 Å². The zero-order valence-electron chi connectivity index (χ0n) is 21.6. The summed E-state index contributed by atoms with van der Waals surface area (Å²) in [5, 5.41) is 11.4. The molecule has 0 saturated carbocycles. The second-order valence-corrected chi connectivity index (χ2v) is 9.18. The minimum absolute atomic E-state index is 0.104. The van der Waals surface area contributed by atoms with Crippen molar-refractivity contribution < 1.29 is 24.2 Å².